The highest BCUT2D eigenvalue weighted by atomic mass is 16.5. The van der Waals surface area contributed by atoms with E-state index in [-0.39, 0.29) is 12.0 Å². The fourth-order valence-corrected chi connectivity index (χ4v) is 5.02. The van der Waals surface area contributed by atoms with Crippen molar-refractivity contribution in [1.82, 2.24) is 15.2 Å². The third-order valence-corrected chi connectivity index (χ3v) is 7.31. The Morgan fingerprint density at radius 3 is 2.64 bits per heavy atom. The van der Waals surface area contributed by atoms with Gasteiger partial charge in [-0.2, -0.15) is 0 Å². The third-order valence-electron chi connectivity index (χ3n) is 7.31. The first-order chi connectivity index (χ1) is 17.3. The van der Waals surface area contributed by atoms with Crippen LogP contribution in [-0.4, -0.2) is 65.3 Å². The lowest BCUT2D eigenvalue weighted by molar-refractivity contribution is -0.144. The Kier molecular flexibility index (Phi) is 8.75. The van der Waals surface area contributed by atoms with E-state index < -0.39 is 17.4 Å². The van der Waals surface area contributed by atoms with Crippen LogP contribution in [0.15, 0.2) is 42.5 Å². The van der Waals surface area contributed by atoms with Gasteiger partial charge in [-0.3, -0.25) is 14.7 Å². The number of carboxylic acid groups (broad SMARTS) is 1. The van der Waals surface area contributed by atoms with Crippen molar-refractivity contribution in [2.45, 2.75) is 70.9 Å². The van der Waals surface area contributed by atoms with E-state index in [1.165, 1.54) is 24.1 Å². The second-order valence-electron chi connectivity index (χ2n) is 10.8. The summed E-state index contributed by atoms with van der Waals surface area (Å²) in [7, 11) is 0. The molecule has 1 aliphatic carbocycles. The first-order valence-electron chi connectivity index (χ1n) is 13.2. The first-order valence-corrected chi connectivity index (χ1v) is 13.2. The number of rotatable bonds is 12. The number of carbonyl (C=O) groups is 2. The van der Waals surface area contributed by atoms with Gasteiger partial charge < -0.3 is 15.2 Å². The van der Waals surface area contributed by atoms with Gasteiger partial charge in [0, 0.05) is 42.9 Å². The van der Waals surface area contributed by atoms with E-state index in [1.807, 2.05) is 44.2 Å². The lowest BCUT2D eigenvalue weighted by Gasteiger charge is -2.39. The number of carboxylic acids is 1. The second-order valence-corrected chi connectivity index (χ2v) is 10.8. The Hall–Kier alpha value is -2.77. The minimum Gasteiger partial charge on any atom is -0.480 e. The maximum Gasteiger partial charge on any atom is 0.326 e. The number of ether oxygens (including phenoxy) is 1. The minimum absolute atomic E-state index is 0.172. The summed E-state index contributed by atoms with van der Waals surface area (Å²) in [6, 6.07) is 13.2. The van der Waals surface area contributed by atoms with Crippen LogP contribution in [0.5, 0.6) is 0 Å². The number of aromatic nitrogens is 1. The normalized spacial score (nSPS) is 17.2. The number of likely N-dealkylation sites (tertiary alicyclic amines) is 1. The summed E-state index contributed by atoms with van der Waals surface area (Å²) in [5.41, 5.74) is 4.12. The number of carbonyl (C=O) groups excluding carboxylic acids is 1. The zero-order valence-corrected chi connectivity index (χ0v) is 21.5. The molecule has 4 rings (SSSR count). The number of fused-ring (bicyclic) bond motifs is 1. The Balaban J connectivity index is 1.15. The molecule has 0 radical (unpaired) electrons. The van der Waals surface area contributed by atoms with Crippen LogP contribution in [0.4, 0.5) is 0 Å². The molecule has 0 bridgehead atoms. The second kappa shape index (κ2) is 12.0. The summed E-state index contributed by atoms with van der Waals surface area (Å²) in [5.74, 6) is -1.23. The number of pyridine rings is 1. The molecule has 1 fully saturated rings. The monoisotopic (exact) mass is 493 g/mol. The molecule has 1 saturated heterocycles. The lowest BCUT2D eigenvalue weighted by atomic mass is 9.84. The molecule has 0 unspecified atom stereocenters. The number of aryl methyl sites for hydroxylation is 2. The lowest BCUT2D eigenvalue weighted by Crippen LogP contribution is -2.54. The van der Waals surface area contributed by atoms with Crippen LogP contribution >= 0.6 is 0 Å². The fraction of sp³-hybridized carbons (Fsp3) is 0.552. The maximum atomic E-state index is 12.9. The van der Waals surface area contributed by atoms with Crippen molar-refractivity contribution in [1.29, 1.82) is 0 Å². The topological polar surface area (TPSA) is 91.8 Å². The van der Waals surface area contributed by atoms with Crippen LogP contribution in [0.3, 0.4) is 0 Å². The molecular formula is C29H39N3O4. The largest absolute Gasteiger partial charge is 0.480 e. The van der Waals surface area contributed by atoms with Crippen molar-refractivity contribution < 1.29 is 19.4 Å². The van der Waals surface area contributed by atoms with E-state index in [2.05, 4.69) is 22.3 Å². The first kappa shape index (κ1) is 26.3. The zero-order valence-electron chi connectivity index (χ0n) is 21.5. The Labute approximate surface area is 214 Å². The van der Waals surface area contributed by atoms with Gasteiger partial charge in [-0.1, -0.05) is 50.2 Å². The van der Waals surface area contributed by atoms with E-state index in [1.54, 1.807) is 0 Å². The number of benzene rings is 1. The molecule has 194 valence electrons. The molecule has 2 heterocycles. The van der Waals surface area contributed by atoms with Gasteiger partial charge in [0.1, 0.15) is 6.04 Å². The summed E-state index contributed by atoms with van der Waals surface area (Å²) in [6.45, 7) is 6.54. The molecule has 36 heavy (non-hydrogen) atoms. The summed E-state index contributed by atoms with van der Waals surface area (Å²) >= 11 is 0. The van der Waals surface area contributed by atoms with Crippen LogP contribution in [0.1, 0.15) is 55.6 Å². The molecule has 7 heteroatoms. The molecule has 0 spiro atoms. The number of aliphatic carboxylic acids is 1. The molecule has 2 aliphatic rings. The summed E-state index contributed by atoms with van der Waals surface area (Å²) < 4.78 is 6.01. The zero-order chi connectivity index (χ0) is 25.5. The van der Waals surface area contributed by atoms with Crippen LogP contribution in [0.25, 0.3) is 0 Å². The van der Waals surface area contributed by atoms with E-state index in [0.29, 0.717) is 26.0 Å². The average molecular weight is 494 g/mol. The van der Waals surface area contributed by atoms with Crippen LogP contribution in [-0.2, 0) is 40.0 Å². The van der Waals surface area contributed by atoms with Crippen LogP contribution in [0, 0.1) is 5.41 Å². The van der Waals surface area contributed by atoms with Gasteiger partial charge >= 0.3 is 5.97 Å². The number of hydrogen-bond donors (Lipinski definition) is 2. The predicted octanol–water partition coefficient (Wildman–Crippen LogP) is 3.43. The summed E-state index contributed by atoms with van der Waals surface area (Å²) in [5, 5.41) is 12.4. The number of amides is 1. The van der Waals surface area contributed by atoms with Gasteiger partial charge in [0.05, 0.1) is 12.7 Å². The van der Waals surface area contributed by atoms with Crippen molar-refractivity contribution in [2.75, 3.05) is 26.2 Å². The maximum absolute atomic E-state index is 12.9. The van der Waals surface area contributed by atoms with E-state index in [4.69, 9.17) is 9.72 Å². The van der Waals surface area contributed by atoms with Crippen LogP contribution in [0.2, 0.25) is 0 Å². The molecule has 2 N–H and O–H groups in total. The number of nitrogens with zero attached hydrogens (tertiary/aromatic N) is 2. The van der Waals surface area contributed by atoms with Gasteiger partial charge in [0.2, 0.25) is 5.91 Å². The van der Waals surface area contributed by atoms with Crippen molar-refractivity contribution in [3.63, 3.8) is 0 Å². The van der Waals surface area contributed by atoms with E-state index >= 15 is 0 Å². The molecule has 1 aromatic carbocycles. The average Bonchev–Trinajstić information content (AvgIpc) is 2.84. The van der Waals surface area contributed by atoms with Gasteiger partial charge in [0.15, 0.2) is 0 Å². The predicted molar refractivity (Wildman–Crippen MR) is 139 cm³/mol. The standard InChI is InChI=1S/C29H39N3O4/c1-29(2,18-21-8-4-3-5-9-21)28(35)31-26(27(33)34)14-16-32-19-24(20-32)36-17-15-23-13-12-22-10-6-7-11-25(22)30-23/h3-5,8-9,12-13,24,26H,6-7,10-11,14-20H2,1-2H3,(H,31,35)(H,33,34)/t26-/m0/s1. The minimum atomic E-state index is -0.996. The Bertz CT molecular complexity index is 1030. The molecular weight excluding hydrogens is 454 g/mol. The highest BCUT2D eigenvalue weighted by molar-refractivity contribution is 5.87. The Morgan fingerprint density at radius 2 is 1.89 bits per heavy atom. The SMILES string of the molecule is CC(C)(Cc1ccccc1)C(=O)N[C@@H](CCN1CC(OCCc2ccc3c(n2)CCCC3)C1)C(=O)O. The summed E-state index contributed by atoms with van der Waals surface area (Å²) in [4.78, 5) is 31.7. The molecule has 2 aromatic rings. The summed E-state index contributed by atoms with van der Waals surface area (Å²) in [6.07, 6.45) is 6.64. The van der Waals surface area contributed by atoms with Crippen molar-refractivity contribution in [3.05, 3.63) is 65.0 Å². The fourth-order valence-electron chi connectivity index (χ4n) is 5.02. The highest BCUT2D eigenvalue weighted by Crippen LogP contribution is 2.23. The molecule has 1 aromatic heterocycles. The number of nitrogens with one attached hydrogen (secondary N) is 1. The quantitative estimate of drug-likeness (QED) is 0.471. The van der Waals surface area contributed by atoms with Gasteiger partial charge in [-0.15, -0.1) is 0 Å². The molecule has 1 atom stereocenters. The molecule has 1 amide bonds. The van der Waals surface area contributed by atoms with Crippen LogP contribution < -0.4 is 5.32 Å². The van der Waals surface area contributed by atoms with Gasteiger partial charge in [-0.25, -0.2) is 4.79 Å². The van der Waals surface area contributed by atoms with E-state index in [9.17, 15) is 14.7 Å². The highest BCUT2D eigenvalue weighted by Gasteiger charge is 2.33. The third kappa shape index (κ3) is 7.14. The van der Waals surface area contributed by atoms with Gasteiger partial charge in [-0.05, 0) is 55.7 Å². The van der Waals surface area contributed by atoms with Crippen molar-refractivity contribution in [2.24, 2.45) is 5.41 Å². The van der Waals surface area contributed by atoms with Crippen molar-refractivity contribution in [3.8, 4) is 0 Å². The van der Waals surface area contributed by atoms with E-state index in [0.717, 1.165) is 43.6 Å². The van der Waals surface area contributed by atoms with Crippen molar-refractivity contribution >= 4 is 11.9 Å². The molecule has 7 nitrogen and oxygen atoms in total. The number of hydrogen-bond acceptors (Lipinski definition) is 5. The Morgan fingerprint density at radius 1 is 1.14 bits per heavy atom. The van der Waals surface area contributed by atoms with Gasteiger partial charge in [0.25, 0.3) is 0 Å². The molecule has 1 aliphatic heterocycles. The smallest absolute Gasteiger partial charge is 0.326 e. The molecule has 0 saturated carbocycles.